The Morgan fingerprint density at radius 3 is 2.48 bits per heavy atom. The van der Waals surface area contributed by atoms with Crippen LogP contribution >= 0.6 is 0 Å². The van der Waals surface area contributed by atoms with Crippen LogP contribution in [0.1, 0.15) is 130 Å². The maximum atomic E-state index is 14.2. The quantitative estimate of drug-likeness (QED) is 0.195. The van der Waals surface area contributed by atoms with Crippen LogP contribution < -0.4 is 11.1 Å². The summed E-state index contributed by atoms with van der Waals surface area (Å²) in [5.74, 6) is 0.748. The van der Waals surface area contributed by atoms with Crippen LogP contribution in [-0.4, -0.2) is 85.7 Å². The molecule has 2 aliphatic heterocycles. The molecule has 7 rings (SSSR count). The first-order chi connectivity index (χ1) is 23.7. The van der Waals surface area contributed by atoms with Crippen LogP contribution in [0.5, 0.6) is 0 Å². The van der Waals surface area contributed by atoms with Gasteiger partial charge in [0.1, 0.15) is 6.10 Å². The molecular formula is C41H68N2O7. The zero-order chi connectivity index (χ0) is 35.8. The van der Waals surface area contributed by atoms with E-state index in [4.69, 9.17) is 10.5 Å². The van der Waals surface area contributed by atoms with E-state index in [1.165, 1.54) is 19.3 Å². The summed E-state index contributed by atoms with van der Waals surface area (Å²) in [5, 5.41) is 62.9. The summed E-state index contributed by atoms with van der Waals surface area (Å²) < 4.78 is 6.68. The first-order valence-electron chi connectivity index (χ1n) is 20.6. The predicted octanol–water partition coefficient (Wildman–Crippen LogP) is 4.36. The Hall–Kier alpha value is -0.910. The number of carbonyl (C=O) groups is 1. The van der Waals surface area contributed by atoms with Gasteiger partial charge in [-0.2, -0.15) is 0 Å². The number of allylic oxidation sites excluding steroid dienone is 1. The van der Waals surface area contributed by atoms with E-state index in [9.17, 15) is 30.3 Å². The van der Waals surface area contributed by atoms with Gasteiger partial charge >= 0.3 is 0 Å². The zero-order valence-corrected chi connectivity index (χ0v) is 31.2. The Bertz CT molecular complexity index is 1280. The predicted molar refractivity (Wildman–Crippen MR) is 192 cm³/mol. The third-order valence-corrected chi connectivity index (χ3v) is 16.5. The molecule has 8 N–H and O–H groups in total. The molecular weight excluding hydrogens is 632 g/mol. The molecule has 0 aromatic heterocycles. The van der Waals surface area contributed by atoms with Crippen LogP contribution in [0, 0.1) is 52.3 Å². The molecule has 9 heteroatoms. The van der Waals surface area contributed by atoms with Gasteiger partial charge in [-0.15, -0.1) is 0 Å². The number of ketones is 1. The van der Waals surface area contributed by atoms with Crippen molar-refractivity contribution >= 4 is 5.78 Å². The van der Waals surface area contributed by atoms with Gasteiger partial charge in [0, 0.05) is 11.3 Å². The molecule has 6 fully saturated rings. The van der Waals surface area contributed by atoms with E-state index < -0.39 is 58.3 Å². The lowest BCUT2D eigenvalue weighted by Gasteiger charge is -2.62. The maximum Gasteiger partial charge on any atom is 0.159 e. The van der Waals surface area contributed by atoms with Crippen molar-refractivity contribution in [2.75, 3.05) is 6.54 Å². The second-order valence-corrected chi connectivity index (χ2v) is 19.0. The highest BCUT2D eigenvalue weighted by molar-refractivity contribution is 5.95. The fourth-order valence-corrected chi connectivity index (χ4v) is 13.5. The van der Waals surface area contributed by atoms with Crippen molar-refractivity contribution in [3.63, 3.8) is 0 Å². The molecule has 284 valence electrons. The summed E-state index contributed by atoms with van der Waals surface area (Å²) in [6.07, 6.45) is 11.9. The van der Waals surface area contributed by atoms with Crippen molar-refractivity contribution in [2.45, 2.75) is 178 Å². The standard InChI is InChI=1S/C41H68N2O7/c1-5-6-24-7-10-26-23(2)36(50-33(26)11-8-24)37(47)39(4,48)34-15-18-41(49)28-19-30(44)29-20-31(45)32(46)21-40(29,27(28)14-16-38(34,41)3)17-13-25-9-12-35(42)43-22-25/h19,23-27,29,31-37,43,45-49H,5-18,20-22,42H2,1-4H3/t23-,24-,25?,26+,27+,29+,31+,32-,33+,34+,35?,36+,37+,38+,39+,40+,41-/m0/s1. The molecule has 7 aliphatic rings. The van der Waals surface area contributed by atoms with Crippen LogP contribution in [0.4, 0.5) is 0 Å². The van der Waals surface area contributed by atoms with Crippen molar-refractivity contribution in [3.8, 4) is 0 Å². The highest BCUT2D eigenvalue weighted by Gasteiger charge is 2.70. The molecule has 9 nitrogen and oxygen atoms in total. The second kappa shape index (κ2) is 13.7. The van der Waals surface area contributed by atoms with Crippen LogP contribution in [0.15, 0.2) is 11.6 Å². The topological polar surface area (TPSA) is 166 Å². The van der Waals surface area contributed by atoms with Gasteiger partial charge < -0.3 is 41.3 Å². The molecule has 0 bridgehead atoms. The summed E-state index contributed by atoms with van der Waals surface area (Å²) in [6.45, 7) is 9.10. The van der Waals surface area contributed by atoms with Crippen LogP contribution in [-0.2, 0) is 9.53 Å². The maximum absolute atomic E-state index is 14.2. The number of nitrogens with one attached hydrogen (secondary N) is 1. The molecule has 2 saturated heterocycles. The highest BCUT2D eigenvalue weighted by Crippen LogP contribution is 2.69. The van der Waals surface area contributed by atoms with Gasteiger partial charge in [-0.1, -0.05) is 40.0 Å². The van der Waals surface area contributed by atoms with E-state index in [-0.39, 0.29) is 36.3 Å². The Labute approximate surface area is 300 Å². The van der Waals surface area contributed by atoms with Crippen LogP contribution in [0.2, 0.25) is 0 Å². The summed E-state index contributed by atoms with van der Waals surface area (Å²) in [6, 6.07) is 0. The average molecular weight is 701 g/mol. The number of ether oxygens (including phenoxy) is 1. The van der Waals surface area contributed by atoms with Crippen molar-refractivity contribution in [1.82, 2.24) is 5.32 Å². The molecule has 4 saturated carbocycles. The summed E-state index contributed by atoms with van der Waals surface area (Å²) >= 11 is 0. The van der Waals surface area contributed by atoms with E-state index in [1.807, 2.05) is 0 Å². The Kier molecular flexibility index (Phi) is 10.3. The SMILES string of the molecule is CCC[C@H]1CC[C@@H]2[C@H](C)[C@H]([C@@H](O)[C@](C)(O)[C@@H]3CC[C@]4(O)C5=CC(=O)[C@H]6C[C@@H](O)[C@@H](O)C[C@]6(CCC6CCC(N)NC6)[C@@H]5CC[C@]34C)O[C@@H]2CC1. The van der Waals surface area contributed by atoms with Gasteiger partial charge in [-0.05, 0) is 150 Å². The zero-order valence-electron chi connectivity index (χ0n) is 31.2. The van der Waals surface area contributed by atoms with E-state index in [0.717, 1.165) is 69.4 Å². The summed E-state index contributed by atoms with van der Waals surface area (Å²) in [4.78, 5) is 14.2. The number of rotatable bonds is 8. The van der Waals surface area contributed by atoms with Gasteiger partial charge in [0.2, 0.25) is 0 Å². The normalized spacial score (nSPS) is 51.0. The Morgan fingerprint density at radius 2 is 1.76 bits per heavy atom. The molecule has 0 radical (unpaired) electrons. The molecule has 5 aliphatic carbocycles. The lowest BCUT2D eigenvalue weighted by atomic mass is 9.44. The molecule has 2 unspecified atom stereocenters. The molecule has 0 aromatic rings. The number of aliphatic hydroxyl groups is 5. The van der Waals surface area contributed by atoms with Crippen molar-refractivity contribution in [3.05, 3.63) is 11.6 Å². The minimum Gasteiger partial charge on any atom is -0.390 e. The largest absolute Gasteiger partial charge is 0.390 e. The van der Waals surface area contributed by atoms with Crippen molar-refractivity contribution in [1.29, 1.82) is 0 Å². The molecule has 17 atom stereocenters. The number of hydrogen-bond donors (Lipinski definition) is 7. The first kappa shape index (κ1) is 37.4. The minimum absolute atomic E-state index is 0.0151. The molecule has 50 heavy (non-hydrogen) atoms. The first-order valence-corrected chi connectivity index (χ1v) is 20.6. The lowest BCUT2D eigenvalue weighted by molar-refractivity contribution is -0.199. The third kappa shape index (κ3) is 5.91. The van der Waals surface area contributed by atoms with E-state index in [2.05, 4.69) is 26.1 Å². The number of piperidine rings is 1. The molecule has 2 heterocycles. The highest BCUT2D eigenvalue weighted by atomic mass is 16.5. The average Bonchev–Trinajstić information content (AvgIpc) is 3.46. The molecule has 0 amide bonds. The number of nitrogens with two attached hydrogens (primary N) is 1. The van der Waals surface area contributed by atoms with Gasteiger partial charge in [0.05, 0.1) is 41.8 Å². The second-order valence-electron chi connectivity index (χ2n) is 19.0. The smallest absolute Gasteiger partial charge is 0.159 e. The van der Waals surface area contributed by atoms with Gasteiger partial charge in [0.25, 0.3) is 0 Å². The number of carbonyl (C=O) groups excluding carboxylic acids is 1. The molecule has 0 aromatic carbocycles. The minimum atomic E-state index is -1.50. The third-order valence-electron chi connectivity index (χ3n) is 16.5. The number of hydrogen-bond acceptors (Lipinski definition) is 9. The van der Waals surface area contributed by atoms with Gasteiger partial charge in [0.15, 0.2) is 5.78 Å². The summed E-state index contributed by atoms with van der Waals surface area (Å²) in [5.41, 5.74) is 2.75. The van der Waals surface area contributed by atoms with Gasteiger partial charge in [-0.25, -0.2) is 0 Å². The van der Waals surface area contributed by atoms with E-state index in [0.29, 0.717) is 37.5 Å². The number of aliphatic hydroxyl groups excluding tert-OH is 3. The monoisotopic (exact) mass is 701 g/mol. The number of fused-ring (bicyclic) bond motifs is 6. The fourth-order valence-electron chi connectivity index (χ4n) is 13.5. The van der Waals surface area contributed by atoms with Gasteiger partial charge in [-0.3, -0.25) is 4.79 Å². The Morgan fingerprint density at radius 1 is 1.02 bits per heavy atom. The fraction of sp³-hybridized carbons (Fsp3) is 0.927. The Balaban J connectivity index is 1.13. The summed E-state index contributed by atoms with van der Waals surface area (Å²) in [7, 11) is 0. The van der Waals surface area contributed by atoms with E-state index in [1.54, 1.807) is 13.0 Å². The molecule has 0 spiro atoms. The lowest BCUT2D eigenvalue weighted by Crippen LogP contribution is -2.64. The van der Waals surface area contributed by atoms with Crippen LogP contribution in [0.3, 0.4) is 0 Å². The van der Waals surface area contributed by atoms with E-state index >= 15 is 0 Å². The van der Waals surface area contributed by atoms with Crippen molar-refractivity contribution < 1.29 is 35.1 Å². The van der Waals surface area contributed by atoms with Crippen LogP contribution in [0.25, 0.3) is 0 Å². The van der Waals surface area contributed by atoms with Crippen molar-refractivity contribution in [2.24, 2.45) is 58.0 Å².